The zero-order chi connectivity index (χ0) is 11.0. The topological polar surface area (TPSA) is 23.5 Å². The summed E-state index contributed by atoms with van der Waals surface area (Å²) in [6, 6.07) is 0.526. The SMILES string of the molecule is O[C@@H]1C=C[C@H](N2CC[C@H]3CCCC[C@H]3C2)C1. The molecule has 1 heterocycles. The second-order valence-electron chi connectivity index (χ2n) is 5.84. The molecule has 3 aliphatic rings. The van der Waals surface area contributed by atoms with Gasteiger partial charge >= 0.3 is 0 Å². The summed E-state index contributed by atoms with van der Waals surface area (Å²) >= 11 is 0. The maximum Gasteiger partial charge on any atom is 0.0739 e. The lowest BCUT2D eigenvalue weighted by atomic mass is 9.75. The number of likely N-dealkylation sites (tertiary alicyclic amines) is 1. The fraction of sp³-hybridized carbons (Fsp3) is 0.857. The van der Waals surface area contributed by atoms with Gasteiger partial charge in [0.15, 0.2) is 0 Å². The van der Waals surface area contributed by atoms with Gasteiger partial charge in [-0.2, -0.15) is 0 Å². The first-order valence-corrected chi connectivity index (χ1v) is 6.93. The maximum absolute atomic E-state index is 9.55. The molecule has 0 aromatic carbocycles. The summed E-state index contributed by atoms with van der Waals surface area (Å²) in [7, 11) is 0. The lowest BCUT2D eigenvalue weighted by Gasteiger charge is -2.43. The molecule has 1 saturated heterocycles. The summed E-state index contributed by atoms with van der Waals surface area (Å²) < 4.78 is 0. The molecule has 1 N–H and O–H groups in total. The maximum atomic E-state index is 9.55. The normalized spacial score (nSPS) is 44.6. The number of fused-ring (bicyclic) bond motifs is 1. The quantitative estimate of drug-likeness (QED) is 0.686. The van der Waals surface area contributed by atoms with Gasteiger partial charge in [-0.15, -0.1) is 0 Å². The van der Waals surface area contributed by atoms with Gasteiger partial charge < -0.3 is 5.11 Å². The van der Waals surface area contributed by atoms with Crippen LogP contribution in [0.15, 0.2) is 12.2 Å². The monoisotopic (exact) mass is 221 g/mol. The van der Waals surface area contributed by atoms with E-state index in [2.05, 4.69) is 11.0 Å². The van der Waals surface area contributed by atoms with Crippen molar-refractivity contribution >= 4 is 0 Å². The van der Waals surface area contributed by atoms with Gasteiger partial charge in [-0.3, -0.25) is 4.90 Å². The molecule has 2 aliphatic carbocycles. The standard InChI is InChI=1S/C14H23NO/c16-14-6-5-13(9-14)15-8-7-11-3-1-2-4-12(11)10-15/h5-6,11-14,16H,1-4,7-10H2/t11-,12+,13+,14-/m1/s1. The van der Waals surface area contributed by atoms with Crippen molar-refractivity contribution < 1.29 is 5.11 Å². The third-order valence-corrected chi connectivity index (χ3v) is 4.83. The highest BCUT2D eigenvalue weighted by atomic mass is 16.3. The second-order valence-corrected chi connectivity index (χ2v) is 5.84. The Labute approximate surface area is 98.3 Å². The molecule has 0 bridgehead atoms. The summed E-state index contributed by atoms with van der Waals surface area (Å²) in [5, 5.41) is 9.55. The molecule has 0 unspecified atom stereocenters. The Morgan fingerprint density at radius 2 is 1.81 bits per heavy atom. The van der Waals surface area contributed by atoms with Crippen molar-refractivity contribution in [3.63, 3.8) is 0 Å². The van der Waals surface area contributed by atoms with Crippen LogP contribution in [0.3, 0.4) is 0 Å². The van der Waals surface area contributed by atoms with Crippen molar-refractivity contribution in [2.24, 2.45) is 11.8 Å². The molecule has 2 nitrogen and oxygen atoms in total. The first-order valence-electron chi connectivity index (χ1n) is 6.93. The molecule has 1 saturated carbocycles. The van der Waals surface area contributed by atoms with Crippen LogP contribution in [-0.2, 0) is 0 Å². The van der Waals surface area contributed by atoms with Gasteiger partial charge in [-0.05, 0) is 37.6 Å². The summed E-state index contributed by atoms with van der Waals surface area (Å²) in [6.07, 6.45) is 12.1. The summed E-state index contributed by atoms with van der Waals surface area (Å²) in [5.74, 6) is 1.97. The van der Waals surface area contributed by atoms with Crippen LogP contribution in [0.5, 0.6) is 0 Å². The number of aliphatic hydroxyl groups excluding tert-OH is 1. The Hall–Kier alpha value is -0.340. The lowest BCUT2D eigenvalue weighted by molar-refractivity contribution is 0.0611. The molecular weight excluding hydrogens is 198 g/mol. The Morgan fingerprint density at radius 1 is 1.00 bits per heavy atom. The van der Waals surface area contributed by atoms with E-state index in [9.17, 15) is 5.11 Å². The van der Waals surface area contributed by atoms with Crippen LogP contribution in [0, 0.1) is 11.8 Å². The average Bonchev–Trinajstić information content (AvgIpc) is 2.75. The summed E-state index contributed by atoms with van der Waals surface area (Å²) in [4.78, 5) is 2.61. The van der Waals surface area contributed by atoms with E-state index in [-0.39, 0.29) is 6.10 Å². The van der Waals surface area contributed by atoms with E-state index < -0.39 is 0 Å². The Kier molecular flexibility index (Phi) is 3.03. The van der Waals surface area contributed by atoms with E-state index >= 15 is 0 Å². The van der Waals surface area contributed by atoms with Gasteiger partial charge in [0.25, 0.3) is 0 Å². The van der Waals surface area contributed by atoms with E-state index in [0.717, 1.165) is 18.3 Å². The molecule has 16 heavy (non-hydrogen) atoms. The van der Waals surface area contributed by atoms with E-state index in [1.807, 2.05) is 6.08 Å². The Morgan fingerprint density at radius 3 is 2.56 bits per heavy atom. The lowest BCUT2D eigenvalue weighted by Crippen LogP contribution is -2.46. The Balaban J connectivity index is 1.60. The van der Waals surface area contributed by atoms with Crippen molar-refractivity contribution in [2.45, 2.75) is 50.7 Å². The molecule has 0 aromatic rings. The number of hydrogen-bond donors (Lipinski definition) is 1. The molecule has 3 rings (SSSR count). The van der Waals surface area contributed by atoms with Crippen LogP contribution in [0.1, 0.15) is 38.5 Å². The van der Waals surface area contributed by atoms with Crippen LogP contribution < -0.4 is 0 Å². The largest absolute Gasteiger partial charge is 0.389 e. The van der Waals surface area contributed by atoms with Crippen molar-refractivity contribution in [1.29, 1.82) is 0 Å². The molecule has 1 aliphatic heterocycles. The minimum absolute atomic E-state index is 0.186. The van der Waals surface area contributed by atoms with Crippen LogP contribution in [0.2, 0.25) is 0 Å². The molecule has 0 radical (unpaired) electrons. The highest BCUT2D eigenvalue weighted by Crippen LogP contribution is 2.37. The summed E-state index contributed by atoms with van der Waals surface area (Å²) in [6.45, 7) is 2.54. The first-order chi connectivity index (χ1) is 7.83. The zero-order valence-electron chi connectivity index (χ0n) is 10.0. The molecule has 90 valence electrons. The first kappa shape index (κ1) is 10.8. The average molecular weight is 221 g/mol. The highest BCUT2D eigenvalue weighted by molar-refractivity contribution is 5.08. The van der Waals surface area contributed by atoms with E-state index in [1.54, 1.807) is 0 Å². The Bertz CT molecular complexity index is 276. The fourth-order valence-corrected chi connectivity index (χ4v) is 3.86. The smallest absolute Gasteiger partial charge is 0.0739 e. The number of aliphatic hydroxyl groups is 1. The minimum Gasteiger partial charge on any atom is -0.389 e. The number of rotatable bonds is 1. The third-order valence-electron chi connectivity index (χ3n) is 4.83. The van der Waals surface area contributed by atoms with E-state index in [0.29, 0.717) is 6.04 Å². The molecule has 2 heteroatoms. The van der Waals surface area contributed by atoms with Gasteiger partial charge in [0.1, 0.15) is 0 Å². The van der Waals surface area contributed by atoms with E-state index in [1.165, 1.54) is 45.2 Å². The predicted molar refractivity (Wildman–Crippen MR) is 65.2 cm³/mol. The summed E-state index contributed by atoms with van der Waals surface area (Å²) in [5.41, 5.74) is 0. The fourth-order valence-electron chi connectivity index (χ4n) is 3.86. The van der Waals surface area contributed by atoms with Crippen LogP contribution in [0.25, 0.3) is 0 Å². The van der Waals surface area contributed by atoms with Gasteiger partial charge in [0, 0.05) is 12.6 Å². The third kappa shape index (κ3) is 2.05. The van der Waals surface area contributed by atoms with Crippen LogP contribution in [-0.4, -0.2) is 35.2 Å². The molecule has 4 atom stereocenters. The molecule has 0 spiro atoms. The predicted octanol–water partition coefficient (Wildman–Crippen LogP) is 2.19. The van der Waals surface area contributed by atoms with Crippen molar-refractivity contribution in [2.75, 3.05) is 13.1 Å². The zero-order valence-corrected chi connectivity index (χ0v) is 10.0. The molecule has 0 amide bonds. The van der Waals surface area contributed by atoms with Crippen molar-refractivity contribution in [3.05, 3.63) is 12.2 Å². The van der Waals surface area contributed by atoms with Gasteiger partial charge in [0.2, 0.25) is 0 Å². The highest BCUT2D eigenvalue weighted by Gasteiger charge is 2.34. The van der Waals surface area contributed by atoms with E-state index in [4.69, 9.17) is 0 Å². The number of nitrogens with zero attached hydrogens (tertiary/aromatic N) is 1. The molecular formula is C14H23NO. The molecule has 0 aromatic heterocycles. The number of hydrogen-bond acceptors (Lipinski definition) is 2. The van der Waals surface area contributed by atoms with Crippen LogP contribution >= 0.6 is 0 Å². The number of piperidine rings is 1. The minimum atomic E-state index is -0.186. The van der Waals surface area contributed by atoms with Crippen molar-refractivity contribution in [1.82, 2.24) is 4.90 Å². The second kappa shape index (κ2) is 4.50. The molecule has 2 fully saturated rings. The van der Waals surface area contributed by atoms with Crippen molar-refractivity contribution in [3.8, 4) is 0 Å². The van der Waals surface area contributed by atoms with Gasteiger partial charge in [-0.1, -0.05) is 31.4 Å². The van der Waals surface area contributed by atoms with Gasteiger partial charge in [-0.25, -0.2) is 0 Å². The van der Waals surface area contributed by atoms with Gasteiger partial charge in [0.05, 0.1) is 6.10 Å². The van der Waals surface area contributed by atoms with Crippen LogP contribution in [0.4, 0.5) is 0 Å².